The number of phenols is 1. The maximum atomic E-state index is 9.44. The van der Waals surface area contributed by atoms with Gasteiger partial charge in [-0.2, -0.15) is 11.8 Å². The van der Waals surface area contributed by atoms with Gasteiger partial charge in [0.2, 0.25) is 0 Å². The van der Waals surface area contributed by atoms with Crippen LogP contribution < -0.4 is 5.32 Å². The Morgan fingerprint density at radius 2 is 2.00 bits per heavy atom. The van der Waals surface area contributed by atoms with Crippen molar-refractivity contribution in [2.75, 3.05) is 16.8 Å². The van der Waals surface area contributed by atoms with Crippen molar-refractivity contribution in [3.63, 3.8) is 0 Å². The average molecular weight is 278 g/mol. The summed E-state index contributed by atoms with van der Waals surface area (Å²) >= 11 is 13.7. The minimum atomic E-state index is -0.0492. The van der Waals surface area contributed by atoms with Crippen molar-refractivity contribution in [3.05, 3.63) is 22.2 Å². The van der Waals surface area contributed by atoms with Crippen LogP contribution in [0, 0.1) is 0 Å². The number of benzene rings is 1. The quantitative estimate of drug-likeness (QED) is 0.802. The second-order valence-corrected chi connectivity index (χ2v) is 5.81. The highest BCUT2D eigenvalue weighted by Crippen LogP contribution is 2.35. The fourth-order valence-corrected chi connectivity index (χ4v) is 3.30. The van der Waals surface area contributed by atoms with Gasteiger partial charge in [-0.05, 0) is 30.7 Å². The van der Waals surface area contributed by atoms with Crippen molar-refractivity contribution < 1.29 is 5.11 Å². The van der Waals surface area contributed by atoms with E-state index in [-0.39, 0.29) is 5.75 Å². The van der Waals surface area contributed by atoms with Crippen molar-refractivity contribution in [1.82, 2.24) is 0 Å². The molecule has 1 atom stereocenters. The van der Waals surface area contributed by atoms with Gasteiger partial charge in [-0.25, -0.2) is 0 Å². The minimum absolute atomic E-state index is 0.0492. The lowest BCUT2D eigenvalue weighted by Gasteiger charge is -2.23. The van der Waals surface area contributed by atoms with E-state index in [2.05, 4.69) is 5.32 Å². The number of hydrogen-bond donors (Lipinski definition) is 2. The first-order valence-electron chi connectivity index (χ1n) is 5.19. The predicted octanol–water partition coefficient (Wildman–Crippen LogP) is 4.01. The third-order valence-electron chi connectivity index (χ3n) is 2.55. The van der Waals surface area contributed by atoms with E-state index in [1.54, 1.807) is 12.1 Å². The predicted molar refractivity (Wildman–Crippen MR) is 72.1 cm³/mol. The standard InChI is InChI=1S/C11H13Cl2NOS/c12-9-4-8(5-10(13)11(9)15)14-7-2-1-3-16-6-7/h4-5,7,14-15H,1-3,6H2. The number of halogens is 2. The molecule has 1 aliphatic rings. The van der Waals surface area contributed by atoms with E-state index in [4.69, 9.17) is 23.2 Å². The average Bonchev–Trinajstić information content (AvgIpc) is 2.27. The van der Waals surface area contributed by atoms with Gasteiger partial charge in [0.1, 0.15) is 0 Å². The lowest BCUT2D eigenvalue weighted by molar-refractivity contribution is 0.476. The van der Waals surface area contributed by atoms with Gasteiger partial charge >= 0.3 is 0 Å². The highest BCUT2D eigenvalue weighted by atomic mass is 35.5. The molecule has 1 aromatic rings. The van der Waals surface area contributed by atoms with E-state index in [0.717, 1.165) is 11.4 Å². The number of thioether (sulfide) groups is 1. The van der Waals surface area contributed by atoms with E-state index >= 15 is 0 Å². The SMILES string of the molecule is Oc1c(Cl)cc(NC2CCCSC2)cc1Cl. The monoisotopic (exact) mass is 277 g/mol. The molecule has 1 aliphatic heterocycles. The zero-order chi connectivity index (χ0) is 11.5. The first-order chi connectivity index (χ1) is 7.66. The molecule has 5 heteroatoms. The summed E-state index contributed by atoms with van der Waals surface area (Å²) in [6.45, 7) is 0. The van der Waals surface area contributed by atoms with Crippen LogP contribution >= 0.6 is 35.0 Å². The van der Waals surface area contributed by atoms with E-state index in [1.165, 1.54) is 18.6 Å². The van der Waals surface area contributed by atoms with Crippen LogP contribution in [0.15, 0.2) is 12.1 Å². The molecule has 1 unspecified atom stereocenters. The summed E-state index contributed by atoms with van der Waals surface area (Å²) in [7, 11) is 0. The summed E-state index contributed by atoms with van der Waals surface area (Å²) in [5.74, 6) is 2.30. The molecule has 16 heavy (non-hydrogen) atoms. The molecular weight excluding hydrogens is 265 g/mol. The highest BCUT2D eigenvalue weighted by molar-refractivity contribution is 7.99. The minimum Gasteiger partial charge on any atom is -0.505 e. The maximum Gasteiger partial charge on any atom is 0.152 e. The molecule has 1 saturated heterocycles. The van der Waals surface area contributed by atoms with Gasteiger partial charge in [-0.1, -0.05) is 23.2 Å². The van der Waals surface area contributed by atoms with Gasteiger partial charge in [-0.3, -0.25) is 0 Å². The Bertz CT molecular complexity index is 357. The molecule has 88 valence electrons. The normalized spacial score (nSPS) is 20.8. The molecule has 1 fully saturated rings. The number of rotatable bonds is 2. The maximum absolute atomic E-state index is 9.44. The number of phenolic OH excluding ortho intramolecular Hbond substituents is 1. The summed E-state index contributed by atoms with van der Waals surface area (Å²) in [5.41, 5.74) is 0.875. The Morgan fingerprint density at radius 1 is 1.31 bits per heavy atom. The Kier molecular flexibility index (Phi) is 4.11. The van der Waals surface area contributed by atoms with Gasteiger partial charge in [0.25, 0.3) is 0 Å². The van der Waals surface area contributed by atoms with Crippen molar-refractivity contribution in [2.24, 2.45) is 0 Å². The first-order valence-corrected chi connectivity index (χ1v) is 7.10. The Hall–Kier alpha value is -0.250. The van der Waals surface area contributed by atoms with Crippen LogP contribution in [0.5, 0.6) is 5.75 Å². The molecule has 2 N–H and O–H groups in total. The Labute approximate surface area is 109 Å². The summed E-state index contributed by atoms with van der Waals surface area (Å²) in [5, 5.41) is 13.4. The van der Waals surface area contributed by atoms with Crippen LogP contribution in [-0.2, 0) is 0 Å². The van der Waals surface area contributed by atoms with Crippen LogP contribution in [0.3, 0.4) is 0 Å². The highest BCUT2D eigenvalue weighted by Gasteiger charge is 2.14. The van der Waals surface area contributed by atoms with Crippen LogP contribution in [0.4, 0.5) is 5.69 Å². The lowest BCUT2D eigenvalue weighted by Crippen LogP contribution is -2.25. The van der Waals surface area contributed by atoms with E-state index in [9.17, 15) is 5.11 Å². The topological polar surface area (TPSA) is 32.3 Å². The Morgan fingerprint density at radius 3 is 2.56 bits per heavy atom. The molecular formula is C11H13Cl2NOS. The van der Waals surface area contributed by atoms with Crippen LogP contribution in [-0.4, -0.2) is 22.7 Å². The third-order valence-corrected chi connectivity index (χ3v) is 4.34. The molecule has 0 radical (unpaired) electrons. The van der Waals surface area contributed by atoms with Gasteiger partial charge in [0.15, 0.2) is 5.75 Å². The number of hydrogen-bond acceptors (Lipinski definition) is 3. The molecule has 0 spiro atoms. The van der Waals surface area contributed by atoms with Gasteiger partial charge in [0.05, 0.1) is 10.0 Å². The summed E-state index contributed by atoms with van der Waals surface area (Å²) in [4.78, 5) is 0. The summed E-state index contributed by atoms with van der Waals surface area (Å²) in [6.07, 6.45) is 2.41. The summed E-state index contributed by atoms with van der Waals surface area (Å²) in [6, 6.07) is 3.89. The van der Waals surface area contributed by atoms with Crippen molar-refractivity contribution in [3.8, 4) is 5.75 Å². The van der Waals surface area contributed by atoms with Gasteiger partial charge in [0, 0.05) is 17.5 Å². The zero-order valence-electron chi connectivity index (χ0n) is 8.67. The number of anilines is 1. The number of aromatic hydroxyl groups is 1. The molecule has 0 amide bonds. The fraction of sp³-hybridized carbons (Fsp3) is 0.455. The van der Waals surface area contributed by atoms with Crippen LogP contribution in [0.2, 0.25) is 10.0 Å². The second-order valence-electron chi connectivity index (χ2n) is 3.85. The Balaban J connectivity index is 2.09. The molecule has 0 aromatic heterocycles. The zero-order valence-corrected chi connectivity index (χ0v) is 11.0. The van der Waals surface area contributed by atoms with Crippen LogP contribution in [0.1, 0.15) is 12.8 Å². The molecule has 0 saturated carbocycles. The summed E-state index contributed by atoms with van der Waals surface area (Å²) < 4.78 is 0. The van der Waals surface area contributed by atoms with Gasteiger partial charge in [-0.15, -0.1) is 0 Å². The molecule has 0 aliphatic carbocycles. The fourth-order valence-electron chi connectivity index (χ4n) is 1.74. The van der Waals surface area contributed by atoms with E-state index in [1.807, 2.05) is 11.8 Å². The van der Waals surface area contributed by atoms with Crippen molar-refractivity contribution in [1.29, 1.82) is 0 Å². The van der Waals surface area contributed by atoms with E-state index in [0.29, 0.717) is 16.1 Å². The smallest absolute Gasteiger partial charge is 0.152 e. The molecule has 2 rings (SSSR count). The molecule has 2 nitrogen and oxygen atoms in total. The van der Waals surface area contributed by atoms with Crippen molar-refractivity contribution in [2.45, 2.75) is 18.9 Å². The second kappa shape index (κ2) is 5.39. The largest absolute Gasteiger partial charge is 0.505 e. The van der Waals surface area contributed by atoms with Crippen LogP contribution in [0.25, 0.3) is 0 Å². The molecule has 0 bridgehead atoms. The number of nitrogens with one attached hydrogen (secondary N) is 1. The molecule has 1 heterocycles. The third kappa shape index (κ3) is 2.90. The van der Waals surface area contributed by atoms with Gasteiger partial charge < -0.3 is 10.4 Å². The van der Waals surface area contributed by atoms with Crippen molar-refractivity contribution >= 4 is 40.7 Å². The first kappa shape index (κ1) is 12.2. The lowest BCUT2D eigenvalue weighted by atomic mass is 10.1. The molecule has 1 aromatic carbocycles. The van der Waals surface area contributed by atoms with E-state index < -0.39 is 0 Å².